The molecule has 3 nitrogen and oxygen atoms in total. The van der Waals surface area contributed by atoms with E-state index in [4.69, 9.17) is 10.5 Å². The molecule has 3 heteroatoms. The van der Waals surface area contributed by atoms with Gasteiger partial charge in [0.2, 0.25) is 0 Å². The maximum absolute atomic E-state index is 5.94. The summed E-state index contributed by atoms with van der Waals surface area (Å²) in [5.74, 6) is 0.427. The Morgan fingerprint density at radius 1 is 1.39 bits per heavy atom. The van der Waals surface area contributed by atoms with Crippen LogP contribution < -0.4 is 5.73 Å². The number of hydrogen-bond acceptors (Lipinski definition) is 3. The largest absolute Gasteiger partial charge is 0.377 e. The lowest BCUT2D eigenvalue weighted by atomic mass is 9.98. The average molecular weight is 248 g/mol. The fraction of sp³-hybridized carbons (Fsp3) is 0.600. The molecule has 2 rings (SSSR count). The van der Waals surface area contributed by atoms with Crippen molar-refractivity contribution in [3.05, 3.63) is 35.9 Å². The molecule has 0 bridgehead atoms. The summed E-state index contributed by atoms with van der Waals surface area (Å²) in [5.41, 5.74) is 7.28. The third kappa shape index (κ3) is 3.80. The molecule has 0 spiro atoms. The minimum atomic E-state index is 0.335. The Morgan fingerprint density at radius 3 is 2.89 bits per heavy atom. The lowest BCUT2D eigenvalue weighted by molar-refractivity contribution is 0.0670. The Labute approximate surface area is 110 Å². The quantitative estimate of drug-likeness (QED) is 0.883. The predicted octanol–water partition coefficient (Wildman–Crippen LogP) is 1.84. The zero-order chi connectivity index (χ0) is 12.8. The molecule has 0 aliphatic carbocycles. The van der Waals surface area contributed by atoms with Crippen LogP contribution in [0.5, 0.6) is 0 Å². The number of benzene rings is 1. The van der Waals surface area contributed by atoms with Gasteiger partial charge in [-0.2, -0.15) is 0 Å². The van der Waals surface area contributed by atoms with Gasteiger partial charge in [-0.3, -0.25) is 0 Å². The zero-order valence-corrected chi connectivity index (χ0v) is 11.2. The highest BCUT2D eigenvalue weighted by Gasteiger charge is 2.19. The first-order valence-corrected chi connectivity index (χ1v) is 6.88. The highest BCUT2D eigenvalue weighted by atomic mass is 16.5. The number of nitrogens with two attached hydrogens (primary N) is 1. The van der Waals surface area contributed by atoms with Gasteiger partial charge in [0.1, 0.15) is 0 Å². The van der Waals surface area contributed by atoms with Crippen LogP contribution in [0, 0.1) is 0 Å². The molecule has 1 saturated heterocycles. The zero-order valence-electron chi connectivity index (χ0n) is 11.2. The van der Waals surface area contributed by atoms with Crippen molar-refractivity contribution in [2.45, 2.75) is 25.4 Å². The molecule has 0 amide bonds. The molecule has 1 heterocycles. The molecule has 2 unspecified atom stereocenters. The third-order valence-electron chi connectivity index (χ3n) is 3.57. The van der Waals surface area contributed by atoms with E-state index in [0.717, 1.165) is 32.7 Å². The highest BCUT2D eigenvalue weighted by molar-refractivity contribution is 5.20. The first kappa shape index (κ1) is 13.5. The second kappa shape index (κ2) is 6.88. The minimum absolute atomic E-state index is 0.335. The number of ether oxygens (including phenoxy) is 1. The summed E-state index contributed by atoms with van der Waals surface area (Å²) in [6.07, 6.45) is 1.46. The second-order valence-electron chi connectivity index (χ2n) is 5.14. The van der Waals surface area contributed by atoms with E-state index in [-0.39, 0.29) is 0 Å². The Morgan fingerprint density at radius 2 is 2.17 bits per heavy atom. The molecular weight excluding hydrogens is 224 g/mol. The molecule has 2 N–H and O–H groups in total. The Bertz CT molecular complexity index is 342. The number of rotatable bonds is 4. The highest BCUT2D eigenvalue weighted by Crippen LogP contribution is 2.17. The van der Waals surface area contributed by atoms with Crippen molar-refractivity contribution >= 4 is 0 Å². The van der Waals surface area contributed by atoms with Crippen molar-refractivity contribution in [3.63, 3.8) is 0 Å². The molecule has 18 heavy (non-hydrogen) atoms. The van der Waals surface area contributed by atoms with E-state index in [0.29, 0.717) is 18.6 Å². The monoisotopic (exact) mass is 248 g/mol. The van der Waals surface area contributed by atoms with E-state index in [1.807, 2.05) is 0 Å². The summed E-state index contributed by atoms with van der Waals surface area (Å²) in [5, 5.41) is 0. The SMILES string of the molecule is CC1CN(CC(CN)c2ccccc2)CCCO1. The average Bonchev–Trinajstić information content (AvgIpc) is 2.61. The molecule has 1 aromatic rings. The fourth-order valence-corrected chi connectivity index (χ4v) is 2.60. The fourth-order valence-electron chi connectivity index (χ4n) is 2.60. The molecule has 2 atom stereocenters. The molecule has 1 aliphatic heterocycles. The first-order valence-electron chi connectivity index (χ1n) is 6.88. The van der Waals surface area contributed by atoms with E-state index in [2.05, 4.69) is 42.2 Å². The maximum Gasteiger partial charge on any atom is 0.0673 e. The van der Waals surface area contributed by atoms with Gasteiger partial charge in [-0.15, -0.1) is 0 Å². The lowest BCUT2D eigenvalue weighted by Gasteiger charge is -2.26. The van der Waals surface area contributed by atoms with Crippen LogP contribution >= 0.6 is 0 Å². The molecule has 0 radical (unpaired) electrons. The summed E-state index contributed by atoms with van der Waals surface area (Å²) in [7, 11) is 0. The maximum atomic E-state index is 5.94. The smallest absolute Gasteiger partial charge is 0.0673 e. The van der Waals surface area contributed by atoms with E-state index in [9.17, 15) is 0 Å². The standard InChI is InChI=1S/C15H24N2O/c1-13-11-17(8-5-9-18-13)12-15(10-16)14-6-3-2-4-7-14/h2-4,6-7,13,15H,5,8-12,16H2,1H3. The topological polar surface area (TPSA) is 38.5 Å². The third-order valence-corrected chi connectivity index (χ3v) is 3.57. The van der Waals surface area contributed by atoms with Crippen LogP contribution in [0.25, 0.3) is 0 Å². The van der Waals surface area contributed by atoms with Gasteiger partial charge in [0.05, 0.1) is 6.10 Å². The summed E-state index contributed by atoms with van der Waals surface area (Å²) in [6, 6.07) is 10.6. The van der Waals surface area contributed by atoms with Gasteiger partial charge in [-0.1, -0.05) is 30.3 Å². The van der Waals surface area contributed by atoms with Gasteiger partial charge in [-0.05, 0) is 18.9 Å². The van der Waals surface area contributed by atoms with Gasteiger partial charge in [0.25, 0.3) is 0 Å². The second-order valence-corrected chi connectivity index (χ2v) is 5.14. The van der Waals surface area contributed by atoms with Gasteiger partial charge < -0.3 is 15.4 Å². The van der Waals surface area contributed by atoms with Gasteiger partial charge in [-0.25, -0.2) is 0 Å². The van der Waals surface area contributed by atoms with Crippen LogP contribution in [0.4, 0.5) is 0 Å². The molecule has 1 aromatic carbocycles. The lowest BCUT2D eigenvalue weighted by Crippen LogP contribution is -2.35. The summed E-state index contributed by atoms with van der Waals surface area (Å²) in [6.45, 7) is 6.91. The van der Waals surface area contributed by atoms with Crippen molar-refractivity contribution < 1.29 is 4.74 Å². The van der Waals surface area contributed by atoms with E-state index in [1.54, 1.807) is 0 Å². The van der Waals surface area contributed by atoms with Crippen molar-refractivity contribution in [1.82, 2.24) is 4.90 Å². The Balaban J connectivity index is 1.97. The molecule has 0 saturated carbocycles. The number of hydrogen-bond donors (Lipinski definition) is 1. The molecule has 1 aliphatic rings. The van der Waals surface area contributed by atoms with Crippen LogP contribution in [0.1, 0.15) is 24.8 Å². The van der Waals surface area contributed by atoms with Crippen LogP contribution in [0.3, 0.4) is 0 Å². The van der Waals surface area contributed by atoms with Crippen LogP contribution in [0.2, 0.25) is 0 Å². The molecule has 1 fully saturated rings. The Hall–Kier alpha value is -0.900. The predicted molar refractivity (Wildman–Crippen MR) is 74.7 cm³/mol. The molecule has 100 valence electrons. The van der Waals surface area contributed by atoms with Gasteiger partial charge in [0.15, 0.2) is 0 Å². The Kier molecular flexibility index (Phi) is 5.17. The van der Waals surface area contributed by atoms with Gasteiger partial charge >= 0.3 is 0 Å². The summed E-state index contributed by atoms with van der Waals surface area (Å²) >= 11 is 0. The minimum Gasteiger partial charge on any atom is -0.377 e. The van der Waals surface area contributed by atoms with Crippen molar-refractivity contribution in [3.8, 4) is 0 Å². The molecular formula is C15H24N2O. The van der Waals surface area contributed by atoms with E-state index < -0.39 is 0 Å². The first-order chi connectivity index (χ1) is 8.79. The van der Waals surface area contributed by atoms with E-state index in [1.165, 1.54) is 5.56 Å². The normalized spacial score (nSPS) is 23.6. The van der Waals surface area contributed by atoms with Crippen molar-refractivity contribution in [2.75, 3.05) is 32.8 Å². The van der Waals surface area contributed by atoms with Gasteiger partial charge in [0, 0.05) is 38.7 Å². The summed E-state index contributed by atoms with van der Waals surface area (Å²) < 4.78 is 5.68. The van der Waals surface area contributed by atoms with E-state index >= 15 is 0 Å². The van der Waals surface area contributed by atoms with Crippen molar-refractivity contribution in [1.29, 1.82) is 0 Å². The molecule has 0 aromatic heterocycles. The van der Waals surface area contributed by atoms with Crippen LogP contribution in [-0.2, 0) is 4.74 Å². The summed E-state index contributed by atoms with van der Waals surface area (Å²) in [4.78, 5) is 2.49. The number of nitrogens with zero attached hydrogens (tertiary/aromatic N) is 1. The van der Waals surface area contributed by atoms with Crippen LogP contribution in [0.15, 0.2) is 30.3 Å². The van der Waals surface area contributed by atoms with Crippen LogP contribution in [-0.4, -0.2) is 43.8 Å². The van der Waals surface area contributed by atoms with Crippen molar-refractivity contribution in [2.24, 2.45) is 5.73 Å².